The van der Waals surface area contributed by atoms with Crippen LogP contribution in [0, 0.1) is 11.8 Å². The molecule has 6 aliphatic rings. The van der Waals surface area contributed by atoms with E-state index in [-0.39, 0.29) is 60.8 Å². The number of rotatable bonds is 11. The minimum absolute atomic E-state index is 0.0731. The zero-order valence-electron chi connectivity index (χ0n) is 23.8. The summed E-state index contributed by atoms with van der Waals surface area (Å²) in [4.78, 5) is 50.6. The molecule has 0 aromatic heterocycles. The van der Waals surface area contributed by atoms with Gasteiger partial charge < -0.3 is 31.1 Å². The highest BCUT2D eigenvalue weighted by Gasteiger charge is 2.78. The highest BCUT2D eigenvalue weighted by molar-refractivity contribution is 8.00. The first-order chi connectivity index (χ1) is 18.9. The molecule has 0 aromatic rings. The van der Waals surface area contributed by atoms with E-state index >= 15 is 0 Å². The van der Waals surface area contributed by atoms with Gasteiger partial charge in [-0.1, -0.05) is 24.1 Å². The van der Waals surface area contributed by atoms with E-state index in [4.69, 9.17) is 4.74 Å². The first kappa shape index (κ1) is 29.1. The third-order valence-corrected chi connectivity index (χ3v) is 10.8. The van der Waals surface area contributed by atoms with Gasteiger partial charge in [0.25, 0.3) is 0 Å². The van der Waals surface area contributed by atoms with Gasteiger partial charge in [-0.25, -0.2) is 4.79 Å². The van der Waals surface area contributed by atoms with Crippen molar-refractivity contribution < 1.29 is 29.0 Å². The maximum atomic E-state index is 13.5. The molecule has 6 rings (SSSR count). The lowest BCUT2D eigenvalue weighted by molar-refractivity contribution is -0.176. The van der Waals surface area contributed by atoms with Crippen LogP contribution < -0.4 is 21.3 Å². The number of nitrogens with one attached hydrogen (secondary N) is 4. The van der Waals surface area contributed by atoms with Crippen LogP contribution in [0.25, 0.3) is 0 Å². The second-order valence-electron chi connectivity index (χ2n) is 12.6. The molecule has 0 aromatic carbocycles. The highest BCUT2D eigenvalue weighted by Crippen LogP contribution is 2.64. The van der Waals surface area contributed by atoms with Gasteiger partial charge in [0.1, 0.15) is 5.60 Å². The number of ketones is 1. The van der Waals surface area contributed by atoms with Gasteiger partial charge in [0.05, 0.1) is 17.7 Å². The summed E-state index contributed by atoms with van der Waals surface area (Å²) in [7, 11) is 0. The summed E-state index contributed by atoms with van der Waals surface area (Å²) in [6.45, 7) is 8.10. The number of Topliss-reactive ketones (excluding diaryl/α,β-unsaturated/α-hetero) is 1. The van der Waals surface area contributed by atoms with Gasteiger partial charge in [0.15, 0.2) is 11.4 Å². The van der Waals surface area contributed by atoms with Crippen molar-refractivity contribution in [2.24, 2.45) is 11.8 Å². The molecular formula is C29H42N4O6S. The Kier molecular flexibility index (Phi) is 7.86. The Bertz CT molecular complexity index is 1150. The number of hydrogen-bond acceptors (Lipinski definition) is 7. The van der Waals surface area contributed by atoms with Gasteiger partial charge >= 0.3 is 6.03 Å². The Hall–Kier alpha value is -2.37. The number of ether oxygens (including phenoxy) is 1. The molecule has 4 amide bonds. The first-order valence-corrected chi connectivity index (χ1v) is 15.5. The summed E-state index contributed by atoms with van der Waals surface area (Å²) < 4.78 is 6.36. The van der Waals surface area contributed by atoms with E-state index in [1.54, 1.807) is 6.08 Å². The molecule has 3 heterocycles. The van der Waals surface area contributed by atoms with E-state index < -0.39 is 28.6 Å². The summed E-state index contributed by atoms with van der Waals surface area (Å²) >= 11 is 1.87. The van der Waals surface area contributed by atoms with Crippen LogP contribution in [0.2, 0.25) is 0 Å². The van der Waals surface area contributed by atoms with Crippen molar-refractivity contribution in [3.05, 3.63) is 23.3 Å². The average Bonchev–Trinajstić information content (AvgIpc) is 3.48. The zero-order chi connectivity index (χ0) is 28.9. The normalized spacial score (nSPS) is 36.4. The minimum Gasteiger partial charge on any atom is -0.381 e. The Morgan fingerprint density at radius 2 is 1.93 bits per heavy atom. The second kappa shape index (κ2) is 10.8. The molecule has 0 radical (unpaired) electrons. The van der Waals surface area contributed by atoms with E-state index in [2.05, 4.69) is 21.3 Å². The van der Waals surface area contributed by atoms with E-state index in [0.29, 0.717) is 18.1 Å². The fourth-order valence-corrected chi connectivity index (χ4v) is 8.89. The predicted octanol–water partition coefficient (Wildman–Crippen LogP) is 1.72. The third kappa shape index (κ3) is 4.87. The molecule has 4 fully saturated rings. The van der Waals surface area contributed by atoms with Crippen LogP contribution in [0.15, 0.2) is 23.3 Å². The quantitative estimate of drug-likeness (QED) is 0.144. The maximum absolute atomic E-state index is 13.5. The Labute approximate surface area is 239 Å². The molecule has 40 heavy (non-hydrogen) atoms. The summed E-state index contributed by atoms with van der Waals surface area (Å²) in [5.74, 6) is -0.587. The Balaban J connectivity index is 1.09. The molecule has 4 unspecified atom stereocenters. The second-order valence-corrected chi connectivity index (χ2v) is 13.9. The van der Waals surface area contributed by atoms with Crippen molar-refractivity contribution >= 4 is 35.4 Å². The topological polar surface area (TPSA) is 146 Å². The van der Waals surface area contributed by atoms with Crippen LogP contribution in [-0.4, -0.2) is 81.7 Å². The van der Waals surface area contributed by atoms with Gasteiger partial charge in [0, 0.05) is 54.3 Å². The molecule has 5 N–H and O–H groups in total. The number of unbranched alkanes of at least 4 members (excludes halogenated alkanes) is 1. The molecular weight excluding hydrogens is 532 g/mol. The number of carbonyl (C=O) groups excluding carboxylic acids is 4. The number of carbonyl (C=O) groups is 4. The van der Waals surface area contributed by atoms with Crippen LogP contribution in [0.1, 0.15) is 66.2 Å². The summed E-state index contributed by atoms with van der Waals surface area (Å²) in [5, 5.41) is 24.1. The van der Waals surface area contributed by atoms with Gasteiger partial charge in [-0.3, -0.25) is 14.4 Å². The van der Waals surface area contributed by atoms with Crippen molar-refractivity contribution in [1.82, 2.24) is 21.3 Å². The van der Waals surface area contributed by atoms with E-state index in [1.807, 2.05) is 45.5 Å². The summed E-state index contributed by atoms with van der Waals surface area (Å²) in [5.41, 5.74) is -2.74. The van der Waals surface area contributed by atoms with Crippen molar-refractivity contribution in [2.45, 2.75) is 100 Å². The minimum atomic E-state index is -1.71. The molecule has 3 saturated heterocycles. The molecule has 3 aliphatic carbocycles. The number of allylic oxidation sites excluding steroid dienone is 2. The van der Waals surface area contributed by atoms with Crippen LogP contribution in [0.4, 0.5) is 4.79 Å². The lowest BCUT2D eigenvalue weighted by Gasteiger charge is -2.51. The SMILES string of the molecule is CC(C)=CCC12OC(C)(C)C3CC(C=C(C(=O)NCCNC(=O)CCCC[C@@H]4SC[C@@H]5NC(=O)N[C@@H]54)C31O)C2=O. The molecule has 4 bridgehead atoms. The van der Waals surface area contributed by atoms with Crippen LogP contribution in [0.3, 0.4) is 0 Å². The maximum Gasteiger partial charge on any atom is 0.315 e. The standard InChI is InChI=1S/C29H42N4O6S/c1-16(2)9-10-28-24(35)17-13-18(29(28,38)21(14-17)27(3,4)39-28)25(36)31-12-11-30-22(34)8-6-5-7-20-23-19(15-40-20)32-26(37)33-23/h9,13,17,19-21,23,38H,5-8,10-12,14-15H2,1-4H3,(H,30,34)(H,31,36)(H2,32,33,37)/t17?,19-,20-,21?,23-,28?,29?/m0/s1. The molecule has 10 nitrogen and oxygen atoms in total. The number of fused-ring (bicyclic) bond motifs is 1. The molecule has 1 saturated carbocycles. The highest BCUT2D eigenvalue weighted by atomic mass is 32.2. The molecule has 7 atom stereocenters. The molecule has 3 aliphatic heterocycles. The molecule has 220 valence electrons. The number of amides is 4. The van der Waals surface area contributed by atoms with Crippen molar-refractivity contribution in [1.29, 1.82) is 0 Å². The lowest BCUT2D eigenvalue weighted by atomic mass is 9.52. The first-order valence-electron chi connectivity index (χ1n) is 14.4. The number of thioether (sulfide) groups is 1. The van der Waals surface area contributed by atoms with Crippen molar-refractivity contribution in [3.8, 4) is 0 Å². The number of aliphatic hydroxyl groups is 1. The molecule has 0 spiro atoms. The lowest BCUT2D eigenvalue weighted by Crippen LogP contribution is -2.69. The summed E-state index contributed by atoms with van der Waals surface area (Å²) in [6.07, 6.45) is 7.21. The zero-order valence-corrected chi connectivity index (χ0v) is 24.6. The average molecular weight is 575 g/mol. The molecule has 11 heteroatoms. The fraction of sp³-hybridized carbons (Fsp3) is 0.724. The summed E-state index contributed by atoms with van der Waals surface area (Å²) in [6, 6.07) is 0.295. The van der Waals surface area contributed by atoms with Crippen molar-refractivity contribution in [2.75, 3.05) is 18.8 Å². The largest absolute Gasteiger partial charge is 0.381 e. The smallest absolute Gasteiger partial charge is 0.315 e. The van der Waals surface area contributed by atoms with E-state index in [1.165, 1.54) is 0 Å². The number of urea groups is 1. The monoisotopic (exact) mass is 574 g/mol. The van der Waals surface area contributed by atoms with Crippen LogP contribution >= 0.6 is 11.8 Å². The van der Waals surface area contributed by atoms with Gasteiger partial charge in [0.2, 0.25) is 11.8 Å². The van der Waals surface area contributed by atoms with Gasteiger partial charge in [-0.15, -0.1) is 0 Å². The van der Waals surface area contributed by atoms with Crippen molar-refractivity contribution in [3.63, 3.8) is 0 Å². The van der Waals surface area contributed by atoms with Gasteiger partial charge in [-0.2, -0.15) is 11.8 Å². The fourth-order valence-electron chi connectivity index (χ4n) is 7.34. The van der Waals surface area contributed by atoms with E-state index in [9.17, 15) is 24.3 Å². The Morgan fingerprint density at radius 1 is 1.18 bits per heavy atom. The number of hydrogen-bond donors (Lipinski definition) is 5. The van der Waals surface area contributed by atoms with Crippen LogP contribution in [0.5, 0.6) is 0 Å². The predicted molar refractivity (Wildman–Crippen MR) is 152 cm³/mol. The van der Waals surface area contributed by atoms with E-state index in [0.717, 1.165) is 30.6 Å². The Morgan fingerprint density at radius 3 is 2.67 bits per heavy atom. The third-order valence-electron chi connectivity index (χ3n) is 9.26. The van der Waals surface area contributed by atoms with Crippen LogP contribution in [-0.2, 0) is 19.1 Å². The van der Waals surface area contributed by atoms with Gasteiger partial charge in [-0.05, 0) is 47.0 Å².